The predicted molar refractivity (Wildman–Crippen MR) is 94.3 cm³/mol. The third-order valence-electron chi connectivity index (χ3n) is 4.31. The zero-order valence-corrected chi connectivity index (χ0v) is 15.7. The van der Waals surface area contributed by atoms with Crippen LogP contribution in [0, 0.1) is 0 Å². The van der Waals surface area contributed by atoms with Crippen molar-refractivity contribution >= 4 is 16.9 Å². The Labute approximate surface area is 160 Å². The number of nitrogens with zero attached hydrogens (tertiary/aromatic N) is 4. The first-order valence-electron chi connectivity index (χ1n) is 8.15. The smallest absolute Gasteiger partial charge is 0.332 e. The van der Waals surface area contributed by atoms with Gasteiger partial charge in [-0.3, -0.25) is 18.7 Å². The number of aromatic hydroxyl groups is 1. The number of nitrogens with two attached hydrogens (primary N) is 1. The molecule has 2 heterocycles. The molecule has 10 heteroatoms. The first kappa shape index (κ1) is 20.4. The molecule has 0 bridgehead atoms. The molecule has 0 aliphatic rings. The Balaban J connectivity index is 0.00000261. The van der Waals surface area contributed by atoms with E-state index in [9.17, 15) is 19.5 Å². The van der Waals surface area contributed by atoms with Gasteiger partial charge in [-0.25, -0.2) is 9.78 Å². The van der Waals surface area contributed by atoms with Gasteiger partial charge in [-0.1, -0.05) is 0 Å². The van der Waals surface area contributed by atoms with E-state index in [1.807, 2.05) is 5.32 Å². The topological polar surface area (TPSA) is 116 Å². The van der Waals surface area contributed by atoms with Crippen LogP contribution in [-0.4, -0.2) is 42.7 Å². The Morgan fingerprint density at radius 3 is 2.48 bits per heavy atom. The maximum absolute atomic E-state index is 12.3. The lowest BCUT2D eigenvalue weighted by atomic mass is 10.1. The van der Waals surface area contributed by atoms with Crippen molar-refractivity contribution < 1.29 is 27.6 Å². The fourth-order valence-electron chi connectivity index (χ4n) is 2.80. The van der Waals surface area contributed by atoms with Crippen LogP contribution < -0.4 is 29.0 Å². The molecule has 0 unspecified atom stereocenters. The van der Waals surface area contributed by atoms with Crippen LogP contribution in [-0.2, 0) is 20.6 Å². The van der Waals surface area contributed by atoms with Gasteiger partial charge >= 0.3 is 5.69 Å². The molecule has 0 radical (unpaired) electrons. The maximum atomic E-state index is 12.3. The minimum atomic E-state index is -0.418. The quantitative estimate of drug-likeness (QED) is 0.324. The van der Waals surface area contributed by atoms with Crippen LogP contribution >= 0.6 is 0 Å². The number of fused-ring (bicyclic) bond motifs is 1. The van der Waals surface area contributed by atoms with Gasteiger partial charge in [0.2, 0.25) is 5.78 Å². The van der Waals surface area contributed by atoms with Gasteiger partial charge in [0.25, 0.3) is 5.56 Å². The molecule has 144 valence electrons. The van der Waals surface area contributed by atoms with Gasteiger partial charge in [0.15, 0.2) is 11.2 Å². The van der Waals surface area contributed by atoms with Crippen molar-refractivity contribution in [3.8, 4) is 5.75 Å². The van der Waals surface area contributed by atoms with Crippen LogP contribution in [0.4, 0.5) is 0 Å². The Morgan fingerprint density at radius 2 is 1.81 bits per heavy atom. The first-order valence-corrected chi connectivity index (χ1v) is 8.15. The summed E-state index contributed by atoms with van der Waals surface area (Å²) in [5, 5.41) is 11.1. The van der Waals surface area contributed by atoms with E-state index in [1.165, 1.54) is 30.1 Å². The van der Waals surface area contributed by atoms with Crippen molar-refractivity contribution in [2.24, 2.45) is 14.1 Å². The van der Waals surface area contributed by atoms with Crippen molar-refractivity contribution in [2.45, 2.75) is 6.54 Å². The number of aromatic nitrogens is 4. The van der Waals surface area contributed by atoms with Crippen LogP contribution in [0.5, 0.6) is 5.75 Å². The lowest BCUT2D eigenvalue weighted by Gasteiger charge is -2.06. The Morgan fingerprint density at radius 1 is 1.15 bits per heavy atom. The number of quaternary nitrogens is 1. The SMILES string of the molecule is Cn1c(=O)c2c(ncn2CC[NH2+]CC(=O)c2ccc(O)cc2)n(C)c1=O.[Cl-]. The molecular weight excluding hydrogens is 374 g/mol. The number of rotatable bonds is 6. The minimum absolute atomic E-state index is 0. The number of carbonyl (C=O) groups excluding carboxylic acids is 1. The molecule has 0 fully saturated rings. The first-order chi connectivity index (χ1) is 12.4. The number of benzene rings is 1. The molecule has 1 aromatic carbocycles. The number of imidazole rings is 1. The molecule has 0 spiro atoms. The predicted octanol–water partition coefficient (Wildman–Crippen LogP) is -4.41. The minimum Gasteiger partial charge on any atom is -1.00 e. The molecule has 3 N–H and O–H groups in total. The molecule has 0 saturated heterocycles. The summed E-state index contributed by atoms with van der Waals surface area (Å²) >= 11 is 0. The van der Waals surface area contributed by atoms with Gasteiger partial charge in [0.1, 0.15) is 12.3 Å². The zero-order chi connectivity index (χ0) is 18.8. The highest BCUT2D eigenvalue weighted by Crippen LogP contribution is 2.09. The second-order valence-corrected chi connectivity index (χ2v) is 6.07. The Kier molecular flexibility index (Phi) is 6.19. The molecular formula is C17H20ClN5O4. The number of phenolic OH excluding ortho intramolecular Hbond substituents is 1. The van der Waals surface area contributed by atoms with Crippen LogP contribution in [0.3, 0.4) is 0 Å². The second kappa shape index (κ2) is 8.19. The van der Waals surface area contributed by atoms with Crippen LogP contribution in [0.1, 0.15) is 10.4 Å². The highest BCUT2D eigenvalue weighted by molar-refractivity contribution is 5.96. The van der Waals surface area contributed by atoms with E-state index >= 15 is 0 Å². The number of aryl methyl sites for hydroxylation is 1. The van der Waals surface area contributed by atoms with Crippen LogP contribution in [0.2, 0.25) is 0 Å². The van der Waals surface area contributed by atoms with Gasteiger partial charge in [0.05, 0.1) is 19.4 Å². The summed E-state index contributed by atoms with van der Waals surface area (Å²) in [6.07, 6.45) is 1.53. The van der Waals surface area contributed by atoms with Crippen LogP contribution in [0.25, 0.3) is 11.2 Å². The van der Waals surface area contributed by atoms with Crippen molar-refractivity contribution in [1.29, 1.82) is 0 Å². The van der Waals surface area contributed by atoms with Gasteiger partial charge < -0.3 is 27.4 Å². The molecule has 0 aliphatic heterocycles. The molecule has 27 heavy (non-hydrogen) atoms. The molecule has 0 aliphatic carbocycles. The number of Topliss-reactive ketones (excluding diaryl/α,β-unsaturated/α-hetero) is 1. The second-order valence-electron chi connectivity index (χ2n) is 6.07. The van der Waals surface area contributed by atoms with E-state index in [2.05, 4.69) is 4.98 Å². The summed E-state index contributed by atoms with van der Waals surface area (Å²) in [4.78, 5) is 40.5. The molecule has 0 saturated carbocycles. The van der Waals surface area contributed by atoms with E-state index in [1.54, 1.807) is 23.7 Å². The number of ketones is 1. The molecule has 3 rings (SSSR count). The third-order valence-corrected chi connectivity index (χ3v) is 4.31. The summed E-state index contributed by atoms with van der Waals surface area (Å²) in [5.74, 6) is 0.0762. The van der Waals surface area contributed by atoms with E-state index < -0.39 is 5.69 Å². The summed E-state index contributed by atoms with van der Waals surface area (Å²) in [5.41, 5.74) is 0.446. The highest BCUT2D eigenvalue weighted by atomic mass is 35.5. The van der Waals surface area contributed by atoms with E-state index in [-0.39, 0.29) is 36.0 Å². The van der Waals surface area contributed by atoms with Crippen molar-refractivity contribution in [2.75, 3.05) is 13.1 Å². The number of carbonyl (C=O) groups is 1. The standard InChI is InChI=1S/C17H19N5O4.ClH/c1-20-15-14(16(25)21(2)17(20)26)22(10-19-15)8-7-18-9-13(24)11-3-5-12(23)6-4-11;/h3-6,10,18,23H,7-9H2,1-2H3;1H. The van der Waals surface area contributed by atoms with E-state index in [4.69, 9.17) is 0 Å². The van der Waals surface area contributed by atoms with Gasteiger partial charge in [-0.2, -0.15) is 0 Å². The summed E-state index contributed by atoms with van der Waals surface area (Å²) in [6.45, 7) is 1.31. The third kappa shape index (κ3) is 3.93. The normalized spacial score (nSPS) is 10.7. The van der Waals surface area contributed by atoms with Crippen LogP contribution in [0.15, 0.2) is 40.2 Å². The van der Waals surface area contributed by atoms with E-state index in [0.29, 0.717) is 29.8 Å². The van der Waals surface area contributed by atoms with Crippen molar-refractivity contribution in [3.05, 3.63) is 57.0 Å². The van der Waals surface area contributed by atoms with Gasteiger partial charge in [0, 0.05) is 19.7 Å². The number of phenols is 1. The fraction of sp³-hybridized carbons (Fsp3) is 0.294. The molecule has 9 nitrogen and oxygen atoms in total. The fourth-order valence-corrected chi connectivity index (χ4v) is 2.80. The van der Waals surface area contributed by atoms with Gasteiger partial charge in [-0.15, -0.1) is 0 Å². The Bertz CT molecular complexity index is 1080. The lowest BCUT2D eigenvalue weighted by molar-refractivity contribution is -0.643. The average molecular weight is 394 g/mol. The molecule has 2 aromatic heterocycles. The van der Waals surface area contributed by atoms with Gasteiger partial charge in [-0.05, 0) is 24.3 Å². The van der Waals surface area contributed by atoms with E-state index in [0.717, 1.165) is 4.57 Å². The summed E-state index contributed by atoms with van der Waals surface area (Å²) < 4.78 is 4.09. The molecule has 3 aromatic rings. The lowest BCUT2D eigenvalue weighted by Crippen LogP contribution is -3.00. The number of hydrogen-bond acceptors (Lipinski definition) is 5. The molecule has 0 amide bonds. The summed E-state index contributed by atoms with van der Waals surface area (Å²) in [7, 11) is 3.01. The van der Waals surface area contributed by atoms with Crippen molar-refractivity contribution in [3.63, 3.8) is 0 Å². The maximum Gasteiger partial charge on any atom is 0.332 e. The Hall–Kier alpha value is -2.91. The monoisotopic (exact) mass is 393 g/mol. The average Bonchev–Trinajstić information content (AvgIpc) is 3.06. The number of hydrogen-bond donors (Lipinski definition) is 2. The van der Waals surface area contributed by atoms with Crippen molar-refractivity contribution in [1.82, 2.24) is 18.7 Å². The zero-order valence-electron chi connectivity index (χ0n) is 14.9. The highest BCUT2D eigenvalue weighted by Gasteiger charge is 2.14. The number of halogens is 1. The summed E-state index contributed by atoms with van der Waals surface area (Å²) in [6, 6.07) is 6.12. The largest absolute Gasteiger partial charge is 1.00 e. The molecule has 0 atom stereocenters.